The van der Waals surface area contributed by atoms with Crippen LogP contribution in [0.2, 0.25) is 0 Å². The molecule has 0 atom stereocenters. The number of amides is 1. The number of hydrogen-bond acceptors (Lipinski definition) is 3. The summed E-state index contributed by atoms with van der Waals surface area (Å²) in [5.41, 5.74) is 5.00. The van der Waals surface area contributed by atoms with Gasteiger partial charge in [0.1, 0.15) is 11.6 Å². The van der Waals surface area contributed by atoms with E-state index >= 15 is 0 Å². The van der Waals surface area contributed by atoms with Crippen LogP contribution in [0.3, 0.4) is 0 Å². The predicted molar refractivity (Wildman–Crippen MR) is 106 cm³/mol. The summed E-state index contributed by atoms with van der Waals surface area (Å²) in [5.74, 6) is -0.432. The van der Waals surface area contributed by atoms with Crippen molar-refractivity contribution in [2.24, 2.45) is 0 Å². The van der Waals surface area contributed by atoms with E-state index in [4.69, 9.17) is 0 Å². The number of rotatable bonds is 4. The van der Waals surface area contributed by atoms with Crippen LogP contribution in [0.4, 0.5) is 5.69 Å². The van der Waals surface area contributed by atoms with E-state index in [1.54, 1.807) is 6.08 Å². The zero-order chi connectivity index (χ0) is 19.4. The molecule has 2 aromatic carbocycles. The van der Waals surface area contributed by atoms with E-state index in [0.717, 1.165) is 28.2 Å². The number of aryl methyl sites for hydroxylation is 2. The van der Waals surface area contributed by atoms with Gasteiger partial charge in [-0.3, -0.25) is 4.79 Å². The van der Waals surface area contributed by atoms with E-state index in [1.165, 1.54) is 0 Å². The zero-order valence-corrected chi connectivity index (χ0v) is 15.5. The molecule has 0 radical (unpaired) electrons. The first-order chi connectivity index (χ1) is 13.0. The third-order valence-corrected chi connectivity index (χ3v) is 4.40. The molecule has 5 nitrogen and oxygen atoms in total. The van der Waals surface area contributed by atoms with E-state index in [9.17, 15) is 10.1 Å². The molecule has 0 aliphatic heterocycles. The lowest BCUT2D eigenvalue weighted by Crippen LogP contribution is -2.14. The van der Waals surface area contributed by atoms with Crippen LogP contribution >= 0.6 is 0 Å². The van der Waals surface area contributed by atoms with Crippen molar-refractivity contribution < 1.29 is 4.79 Å². The molecule has 1 N–H and O–H groups in total. The number of nitrogens with zero attached hydrogens (tertiary/aromatic N) is 3. The van der Waals surface area contributed by atoms with Crippen molar-refractivity contribution in [2.45, 2.75) is 20.8 Å². The number of aromatic nitrogens is 2. The van der Waals surface area contributed by atoms with Crippen molar-refractivity contribution in [3.63, 3.8) is 0 Å². The van der Waals surface area contributed by atoms with Crippen LogP contribution in [0.5, 0.6) is 0 Å². The van der Waals surface area contributed by atoms with Crippen molar-refractivity contribution in [1.82, 2.24) is 9.78 Å². The minimum absolute atomic E-state index is 0.0389. The predicted octanol–water partition coefficient (Wildman–Crippen LogP) is 4.34. The largest absolute Gasteiger partial charge is 0.321 e. The first kappa shape index (κ1) is 18.2. The lowest BCUT2D eigenvalue weighted by Gasteiger charge is -2.07. The Bertz CT molecular complexity index is 1060. The molecule has 0 spiro atoms. The highest BCUT2D eigenvalue weighted by atomic mass is 16.1. The highest BCUT2D eigenvalue weighted by Gasteiger charge is 2.16. The number of nitrogens with one attached hydrogen (secondary N) is 1. The number of carbonyl (C=O) groups is 1. The van der Waals surface area contributed by atoms with Crippen LogP contribution in [-0.4, -0.2) is 15.7 Å². The molecule has 3 aromatic rings. The number of carbonyl (C=O) groups excluding carboxylic acids is 1. The fourth-order valence-corrected chi connectivity index (χ4v) is 2.88. The molecule has 3 rings (SSSR count). The van der Waals surface area contributed by atoms with Gasteiger partial charge in [-0.25, -0.2) is 4.68 Å². The second kappa shape index (κ2) is 7.71. The molecule has 1 amide bonds. The SMILES string of the molecule is Cc1ccccc1NC(=O)/C(C#N)=C/c1c(C)nn(-c2ccccc2)c1C. The van der Waals surface area contributed by atoms with E-state index < -0.39 is 5.91 Å². The van der Waals surface area contributed by atoms with Gasteiger partial charge in [0.05, 0.1) is 11.4 Å². The van der Waals surface area contributed by atoms with Gasteiger partial charge in [0, 0.05) is 16.9 Å². The molecule has 0 fully saturated rings. The first-order valence-electron chi connectivity index (χ1n) is 8.61. The number of para-hydroxylation sites is 2. The van der Waals surface area contributed by atoms with Crippen LogP contribution in [0.1, 0.15) is 22.5 Å². The second-order valence-corrected chi connectivity index (χ2v) is 6.27. The molecule has 0 saturated heterocycles. The summed E-state index contributed by atoms with van der Waals surface area (Å²) < 4.78 is 1.81. The van der Waals surface area contributed by atoms with Gasteiger partial charge in [-0.1, -0.05) is 36.4 Å². The van der Waals surface area contributed by atoms with E-state index in [0.29, 0.717) is 5.69 Å². The summed E-state index contributed by atoms with van der Waals surface area (Å²) in [5, 5.41) is 16.9. The molecule has 27 heavy (non-hydrogen) atoms. The van der Waals surface area contributed by atoms with Crippen molar-refractivity contribution in [1.29, 1.82) is 5.26 Å². The molecular formula is C22H20N4O. The quantitative estimate of drug-likeness (QED) is 0.558. The first-order valence-corrected chi connectivity index (χ1v) is 8.61. The molecule has 1 heterocycles. The highest BCUT2D eigenvalue weighted by Crippen LogP contribution is 2.21. The van der Waals surface area contributed by atoms with Crippen LogP contribution in [0.25, 0.3) is 11.8 Å². The third-order valence-electron chi connectivity index (χ3n) is 4.40. The molecule has 5 heteroatoms. The Morgan fingerprint density at radius 2 is 1.74 bits per heavy atom. The van der Waals surface area contributed by atoms with Gasteiger partial charge >= 0.3 is 0 Å². The van der Waals surface area contributed by atoms with Crippen molar-refractivity contribution in [3.8, 4) is 11.8 Å². The maximum Gasteiger partial charge on any atom is 0.266 e. The Labute approximate surface area is 158 Å². The topological polar surface area (TPSA) is 70.7 Å². The maximum atomic E-state index is 12.6. The van der Waals surface area contributed by atoms with E-state index in [1.807, 2.05) is 86.1 Å². The average molecular weight is 356 g/mol. The molecule has 0 aliphatic rings. The maximum absolute atomic E-state index is 12.6. The van der Waals surface area contributed by atoms with Crippen molar-refractivity contribution >= 4 is 17.7 Å². The van der Waals surface area contributed by atoms with Gasteiger partial charge < -0.3 is 5.32 Å². The van der Waals surface area contributed by atoms with Crippen LogP contribution in [0.15, 0.2) is 60.2 Å². The molecule has 1 aromatic heterocycles. The normalized spacial score (nSPS) is 11.1. The number of hydrogen-bond donors (Lipinski definition) is 1. The molecule has 134 valence electrons. The number of anilines is 1. The monoisotopic (exact) mass is 356 g/mol. The summed E-state index contributed by atoms with van der Waals surface area (Å²) in [6.07, 6.45) is 1.60. The van der Waals surface area contributed by atoms with Gasteiger partial charge in [-0.2, -0.15) is 10.4 Å². The minimum Gasteiger partial charge on any atom is -0.321 e. The summed E-state index contributed by atoms with van der Waals surface area (Å²) in [4.78, 5) is 12.6. The van der Waals surface area contributed by atoms with Crippen LogP contribution < -0.4 is 5.32 Å². The standard InChI is InChI=1S/C22H20N4O/c1-15-9-7-8-12-21(15)24-22(27)18(14-23)13-20-16(2)25-26(17(20)3)19-10-5-4-6-11-19/h4-13H,1-3H3,(H,24,27)/b18-13+. The Hall–Kier alpha value is -3.65. The number of nitriles is 1. The summed E-state index contributed by atoms with van der Waals surface area (Å²) in [6.45, 7) is 5.70. The van der Waals surface area contributed by atoms with E-state index in [2.05, 4.69) is 10.4 Å². The van der Waals surface area contributed by atoms with Gasteiger partial charge in [-0.05, 0) is 50.6 Å². The highest BCUT2D eigenvalue weighted by molar-refractivity contribution is 6.10. The summed E-state index contributed by atoms with van der Waals surface area (Å²) in [6, 6.07) is 19.2. The van der Waals surface area contributed by atoms with Gasteiger partial charge in [0.15, 0.2) is 0 Å². The van der Waals surface area contributed by atoms with Crippen LogP contribution in [0, 0.1) is 32.1 Å². The summed E-state index contributed by atoms with van der Waals surface area (Å²) in [7, 11) is 0. The number of benzene rings is 2. The van der Waals surface area contributed by atoms with Gasteiger partial charge in [0.25, 0.3) is 5.91 Å². The smallest absolute Gasteiger partial charge is 0.266 e. The van der Waals surface area contributed by atoms with Gasteiger partial charge in [0.2, 0.25) is 0 Å². The van der Waals surface area contributed by atoms with Crippen molar-refractivity contribution in [3.05, 3.63) is 82.7 Å². The lowest BCUT2D eigenvalue weighted by atomic mass is 10.1. The molecule has 0 unspecified atom stereocenters. The fourth-order valence-electron chi connectivity index (χ4n) is 2.88. The van der Waals surface area contributed by atoms with Crippen LogP contribution in [-0.2, 0) is 4.79 Å². The third kappa shape index (κ3) is 3.80. The Kier molecular flexibility index (Phi) is 5.18. The zero-order valence-electron chi connectivity index (χ0n) is 15.5. The molecular weight excluding hydrogens is 336 g/mol. The Morgan fingerprint density at radius 1 is 1.07 bits per heavy atom. The molecule has 0 saturated carbocycles. The minimum atomic E-state index is -0.432. The molecule has 0 aliphatic carbocycles. The van der Waals surface area contributed by atoms with Gasteiger partial charge in [-0.15, -0.1) is 0 Å². The summed E-state index contributed by atoms with van der Waals surface area (Å²) >= 11 is 0. The Morgan fingerprint density at radius 3 is 2.41 bits per heavy atom. The van der Waals surface area contributed by atoms with E-state index in [-0.39, 0.29) is 5.57 Å². The second-order valence-electron chi connectivity index (χ2n) is 6.27. The van der Waals surface area contributed by atoms with Crippen molar-refractivity contribution in [2.75, 3.05) is 5.32 Å². The lowest BCUT2D eigenvalue weighted by molar-refractivity contribution is -0.112. The molecule has 0 bridgehead atoms. The Balaban J connectivity index is 1.95. The average Bonchev–Trinajstić information content (AvgIpc) is 2.96. The fraction of sp³-hybridized carbons (Fsp3) is 0.136.